The van der Waals surface area contributed by atoms with Gasteiger partial charge in [-0.3, -0.25) is 4.79 Å². The van der Waals surface area contributed by atoms with E-state index in [-0.39, 0.29) is 11.9 Å². The van der Waals surface area contributed by atoms with Gasteiger partial charge in [-0.05, 0) is 31.2 Å². The normalized spacial score (nSPS) is 20.1. The summed E-state index contributed by atoms with van der Waals surface area (Å²) in [6.45, 7) is 3.36. The first-order valence-corrected chi connectivity index (χ1v) is 5.27. The first kappa shape index (κ1) is 10.5. The Morgan fingerprint density at radius 3 is 2.75 bits per heavy atom. The SMILES string of the molecule is CC1C(=O)NCCN1c1ccc(C#N)cc1. The van der Waals surface area contributed by atoms with Crippen LogP contribution in [0, 0.1) is 11.3 Å². The van der Waals surface area contributed by atoms with Gasteiger partial charge in [0, 0.05) is 18.8 Å². The molecule has 0 radical (unpaired) electrons. The van der Waals surface area contributed by atoms with E-state index in [1.54, 1.807) is 12.1 Å². The minimum Gasteiger partial charge on any atom is -0.358 e. The molecule has 4 heteroatoms. The smallest absolute Gasteiger partial charge is 0.242 e. The van der Waals surface area contributed by atoms with Gasteiger partial charge in [0.15, 0.2) is 0 Å². The molecule has 0 aromatic heterocycles. The van der Waals surface area contributed by atoms with Crippen LogP contribution in [0.2, 0.25) is 0 Å². The van der Waals surface area contributed by atoms with Crippen LogP contribution in [0.4, 0.5) is 5.69 Å². The Morgan fingerprint density at radius 2 is 2.12 bits per heavy atom. The molecule has 1 aromatic rings. The second kappa shape index (κ2) is 4.23. The molecule has 1 aromatic carbocycles. The number of hydrogen-bond donors (Lipinski definition) is 1. The van der Waals surface area contributed by atoms with E-state index in [1.807, 2.05) is 24.0 Å². The molecular formula is C12H13N3O. The number of benzene rings is 1. The predicted octanol–water partition coefficient (Wildman–Crippen LogP) is 0.883. The fraction of sp³-hybridized carbons (Fsp3) is 0.333. The van der Waals surface area contributed by atoms with Crippen LogP contribution in [0.25, 0.3) is 0 Å². The number of anilines is 1. The van der Waals surface area contributed by atoms with E-state index in [9.17, 15) is 4.79 Å². The summed E-state index contributed by atoms with van der Waals surface area (Å²) in [5.74, 6) is 0.0515. The number of hydrogen-bond acceptors (Lipinski definition) is 3. The zero-order valence-corrected chi connectivity index (χ0v) is 9.10. The zero-order valence-electron chi connectivity index (χ0n) is 9.10. The Labute approximate surface area is 94.5 Å². The van der Waals surface area contributed by atoms with Gasteiger partial charge in [0.25, 0.3) is 0 Å². The van der Waals surface area contributed by atoms with Gasteiger partial charge in [-0.2, -0.15) is 5.26 Å². The molecular weight excluding hydrogens is 202 g/mol. The lowest BCUT2D eigenvalue weighted by atomic mass is 10.1. The summed E-state index contributed by atoms with van der Waals surface area (Å²) in [4.78, 5) is 13.5. The number of nitriles is 1. The van der Waals surface area contributed by atoms with Crippen LogP contribution in [0.3, 0.4) is 0 Å². The van der Waals surface area contributed by atoms with E-state index >= 15 is 0 Å². The molecule has 1 saturated heterocycles. The van der Waals surface area contributed by atoms with Crippen LogP contribution in [-0.4, -0.2) is 25.0 Å². The average molecular weight is 215 g/mol. The van der Waals surface area contributed by atoms with Crippen LogP contribution in [-0.2, 0) is 4.79 Å². The van der Waals surface area contributed by atoms with Gasteiger partial charge < -0.3 is 10.2 Å². The Balaban J connectivity index is 2.23. The summed E-state index contributed by atoms with van der Waals surface area (Å²) in [6.07, 6.45) is 0. The van der Waals surface area contributed by atoms with Crippen LogP contribution < -0.4 is 10.2 Å². The molecule has 1 aliphatic rings. The summed E-state index contributed by atoms with van der Waals surface area (Å²) in [7, 11) is 0. The molecule has 0 saturated carbocycles. The van der Waals surface area contributed by atoms with Crippen molar-refractivity contribution in [2.24, 2.45) is 0 Å². The van der Waals surface area contributed by atoms with E-state index < -0.39 is 0 Å². The molecule has 4 nitrogen and oxygen atoms in total. The van der Waals surface area contributed by atoms with Crippen molar-refractivity contribution in [3.05, 3.63) is 29.8 Å². The third kappa shape index (κ3) is 1.84. The molecule has 1 heterocycles. The first-order chi connectivity index (χ1) is 7.72. The summed E-state index contributed by atoms with van der Waals surface area (Å²) in [5.41, 5.74) is 1.62. The average Bonchev–Trinajstić information content (AvgIpc) is 2.33. The lowest BCUT2D eigenvalue weighted by molar-refractivity contribution is -0.122. The third-order valence-electron chi connectivity index (χ3n) is 2.83. The molecule has 1 atom stereocenters. The van der Waals surface area contributed by atoms with Crippen molar-refractivity contribution in [2.45, 2.75) is 13.0 Å². The standard InChI is InChI=1S/C12H13N3O/c1-9-12(16)14-6-7-15(9)11-4-2-10(8-13)3-5-11/h2-5,9H,6-7H2,1H3,(H,14,16). The highest BCUT2D eigenvalue weighted by molar-refractivity contribution is 5.86. The summed E-state index contributed by atoms with van der Waals surface area (Å²) in [6, 6.07) is 9.24. The highest BCUT2D eigenvalue weighted by atomic mass is 16.2. The van der Waals surface area contributed by atoms with Crippen molar-refractivity contribution in [2.75, 3.05) is 18.0 Å². The maximum atomic E-state index is 11.5. The molecule has 1 unspecified atom stereocenters. The number of carbonyl (C=O) groups is 1. The van der Waals surface area contributed by atoms with E-state index in [1.165, 1.54) is 0 Å². The second-order valence-corrected chi connectivity index (χ2v) is 3.82. The zero-order chi connectivity index (χ0) is 11.5. The highest BCUT2D eigenvalue weighted by Crippen LogP contribution is 2.19. The molecule has 0 aliphatic carbocycles. The molecule has 16 heavy (non-hydrogen) atoms. The lowest BCUT2D eigenvalue weighted by Crippen LogP contribution is -2.54. The van der Waals surface area contributed by atoms with Gasteiger partial charge >= 0.3 is 0 Å². The second-order valence-electron chi connectivity index (χ2n) is 3.82. The number of nitrogens with one attached hydrogen (secondary N) is 1. The highest BCUT2D eigenvalue weighted by Gasteiger charge is 2.25. The van der Waals surface area contributed by atoms with Crippen molar-refractivity contribution in [3.63, 3.8) is 0 Å². The van der Waals surface area contributed by atoms with Crippen LogP contribution in [0.15, 0.2) is 24.3 Å². The topological polar surface area (TPSA) is 56.1 Å². The fourth-order valence-corrected chi connectivity index (χ4v) is 1.86. The third-order valence-corrected chi connectivity index (χ3v) is 2.83. The molecule has 1 fully saturated rings. The Bertz CT molecular complexity index is 433. The molecule has 1 N–H and O–H groups in total. The predicted molar refractivity (Wildman–Crippen MR) is 61.0 cm³/mol. The van der Waals surface area contributed by atoms with Gasteiger partial charge in [0.05, 0.1) is 11.6 Å². The van der Waals surface area contributed by atoms with Crippen molar-refractivity contribution >= 4 is 11.6 Å². The van der Waals surface area contributed by atoms with Crippen molar-refractivity contribution in [1.82, 2.24) is 5.32 Å². The monoisotopic (exact) mass is 215 g/mol. The minimum atomic E-state index is -0.151. The maximum absolute atomic E-state index is 11.5. The van der Waals surface area contributed by atoms with Crippen molar-refractivity contribution in [1.29, 1.82) is 5.26 Å². The Kier molecular flexibility index (Phi) is 2.78. The lowest BCUT2D eigenvalue weighted by Gasteiger charge is -2.34. The first-order valence-electron chi connectivity index (χ1n) is 5.27. The number of carbonyl (C=O) groups excluding carboxylic acids is 1. The molecule has 0 bridgehead atoms. The van der Waals surface area contributed by atoms with E-state index in [4.69, 9.17) is 5.26 Å². The van der Waals surface area contributed by atoms with Gasteiger partial charge in [-0.15, -0.1) is 0 Å². The van der Waals surface area contributed by atoms with Crippen LogP contribution >= 0.6 is 0 Å². The number of nitrogens with zero attached hydrogens (tertiary/aromatic N) is 2. The molecule has 0 spiro atoms. The van der Waals surface area contributed by atoms with Crippen molar-refractivity contribution < 1.29 is 4.79 Å². The van der Waals surface area contributed by atoms with Gasteiger partial charge in [0.1, 0.15) is 6.04 Å². The molecule has 1 aliphatic heterocycles. The Morgan fingerprint density at radius 1 is 1.44 bits per heavy atom. The molecule has 1 amide bonds. The summed E-state index contributed by atoms with van der Waals surface area (Å²) < 4.78 is 0. The number of piperazine rings is 1. The largest absolute Gasteiger partial charge is 0.358 e. The van der Waals surface area contributed by atoms with E-state index in [2.05, 4.69) is 11.4 Å². The quantitative estimate of drug-likeness (QED) is 0.756. The maximum Gasteiger partial charge on any atom is 0.242 e. The Hall–Kier alpha value is -2.02. The van der Waals surface area contributed by atoms with Gasteiger partial charge in [-0.25, -0.2) is 0 Å². The summed E-state index contributed by atoms with van der Waals surface area (Å²) in [5, 5.41) is 11.5. The number of rotatable bonds is 1. The van der Waals surface area contributed by atoms with Crippen molar-refractivity contribution in [3.8, 4) is 6.07 Å². The number of amides is 1. The fourth-order valence-electron chi connectivity index (χ4n) is 1.86. The molecule has 2 rings (SSSR count). The summed E-state index contributed by atoms with van der Waals surface area (Å²) >= 11 is 0. The van der Waals surface area contributed by atoms with Crippen LogP contribution in [0.1, 0.15) is 12.5 Å². The van der Waals surface area contributed by atoms with Gasteiger partial charge in [-0.1, -0.05) is 0 Å². The van der Waals surface area contributed by atoms with E-state index in [0.717, 1.165) is 12.2 Å². The minimum absolute atomic E-state index is 0.0515. The van der Waals surface area contributed by atoms with E-state index in [0.29, 0.717) is 12.1 Å². The van der Waals surface area contributed by atoms with Gasteiger partial charge in [0.2, 0.25) is 5.91 Å². The van der Waals surface area contributed by atoms with Crippen LogP contribution in [0.5, 0.6) is 0 Å². The molecule has 82 valence electrons.